The number of nitrogens with two attached hydrogens (primary N) is 1. The van der Waals surface area contributed by atoms with Gasteiger partial charge in [-0.1, -0.05) is 27.7 Å². The zero-order chi connectivity index (χ0) is 18.0. The SMILES string of the molecule is CC(C)[C@H](NC(=O)NC(C)(C)C)C(=O)N1CCC(N)C(C)(C)C1. The molecule has 1 rings (SSSR count). The van der Waals surface area contributed by atoms with E-state index in [0.29, 0.717) is 13.1 Å². The normalized spacial score (nSPS) is 22.7. The maximum absolute atomic E-state index is 12.9. The van der Waals surface area contributed by atoms with Gasteiger partial charge in [0.25, 0.3) is 0 Å². The molecule has 0 saturated carbocycles. The van der Waals surface area contributed by atoms with Crippen molar-refractivity contribution in [3.05, 3.63) is 0 Å². The molecule has 0 aromatic carbocycles. The maximum Gasteiger partial charge on any atom is 0.315 e. The minimum atomic E-state index is -0.525. The Bertz CT molecular complexity index is 440. The first kappa shape index (κ1) is 19.7. The second-order valence-corrected chi connectivity index (χ2v) is 8.71. The van der Waals surface area contributed by atoms with Gasteiger partial charge < -0.3 is 21.3 Å². The predicted molar refractivity (Wildman–Crippen MR) is 93.0 cm³/mol. The number of likely N-dealkylation sites (tertiary alicyclic amines) is 1. The highest BCUT2D eigenvalue weighted by Gasteiger charge is 2.38. The molecule has 0 aromatic heterocycles. The van der Waals surface area contributed by atoms with Crippen molar-refractivity contribution < 1.29 is 9.59 Å². The molecular formula is C17H34N4O2. The van der Waals surface area contributed by atoms with Gasteiger partial charge in [-0.05, 0) is 38.5 Å². The number of piperidine rings is 1. The molecule has 6 heteroatoms. The Morgan fingerprint density at radius 3 is 2.26 bits per heavy atom. The molecule has 3 amide bonds. The molecule has 2 atom stereocenters. The van der Waals surface area contributed by atoms with Gasteiger partial charge in [0.2, 0.25) is 5.91 Å². The summed E-state index contributed by atoms with van der Waals surface area (Å²) in [4.78, 5) is 26.8. The largest absolute Gasteiger partial charge is 0.340 e. The van der Waals surface area contributed by atoms with Gasteiger partial charge in [0, 0.05) is 24.7 Å². The van der Waals surface area contributed by atoms with Crippen LogP contribution in [0.2, 0.25) is 0 Å². The van der Waals surface area contributed by atoms with Crippen molar-refractivity contribution in [2.45, 2.75) is 72.5 Å². The molecule has 1 fully saturated rings. The van der Waals surface area contributed by atoms with E-state index in [2.05, 4.69) is 24.5 Å². The minimum absolute atomic E-state index is 0.0203. The fraction of sp³-hybridized carbons (Fsp3) is 0.882. The monoisotopic (exact) mass is 326 g/mol. The van der Waals surface area contributed by atoms with Crippen LogP contribution in [-0.2, 0) is 4.79 Å². The Balaban J connectivity index is 2.78. The molecule has 0 aliphatic carbocycles. The Morgan fingerprint density at radius 2 is 1.83 bits per heavy atom. The zero-order valence-corrected chi connectivity index (χ0v) is 15.7. The lowest BCUT2D eigenvalue weighted by Crippen LogP contribution is -2.60. The Hall–Kier alpha value is -1.30. The highest BCUT2D eigenvalue weighted by atomic mass is 16.2. The molecule has 0 bridgehead atoms. The number of hydrogen-bond acceptors (Lipinski definition) is 3. The van der Waals surface area contributed by atoms with Crippen LogP contribution in [0.3, 0.4) is 0 Å². The van der Waals surface area contributed by atoms with Gasteiger partial charge in [-0.2, -0.15) is 0 Å². The molecule has 0 aromatic rings. The molecule has 134 valence electrons. The summed E-state index contributed by atoms with van der Waals surface area (Å²) < 4.78 is 0. The molecule has 1 heterocycles. The molecule has 23 heavy (non-hydrogen) atoms. The fourth-order valence-electron chi connectivity index (χ4n) is 2.79. The van der Waals surface area contributed by atoms with Crippen molar-refractivity contribution in [2.75, 3.05) is 13.1 Å². The first-order valence-corrected chi connectivity index (χ1v) is 8.46. The van der Waals surface area contributed by atoms with Crippen molar-refractivity contribution in [3.8, 4) is 0 Å². The summed E-state index contributed by atoms with van der Waals surface area (Å²) in [5, 5.41) is 5.68. The third-order valence-corrected chi connectivity index (χ3v) is 4.33. The molecule has 6 nitrogen and oxygen atoms in total. The molecule has 1 aliphatic heterocycles. The first-order chi connectivity index (χ1) is 10.3. The molecule has 0 radical (unpaired) electrons. The van der Waals surface area contributed by atoms with Gasteiger partial charge in [0.05, 0.1) is 0 Å². The lowest BCUT2D eigenvalue weighted by molar-refractivity contribution is -0.137. The van der Waals surface area contributed by atoms with Gasteiger partial charge in [-0.25, -0.2) is 4.79 Å². The number of nitrogens with one attached hydrogen (secondary N) is 2. The Labute approximate surface area is 140 Å². The molecule has 1 unspecified atom stereocenters. The van der Waals surface area contributed by atoms with Crippen molar-refractivity contribution >= 4 is 11.9 Å². The van der Waals surface area contributed by atoms with Crippen LogP contribution >= 0.6 is 0 Å². The lowest BCUT2D eigenvalue weighted by Gasteiger charge is -2.44. The lowest BCUT2D eigenvalue weighted by atomic mass is 9.79. The van der Waals surface area contributed by atoms with E-state index in [1.54, 1.807) is 0 Å². The van der Waals surface area contributed by atoms with Gasteiger partial charge in [0.1, 0.15) is 6.04 Å². The van der Waals surface area contributed by atoms with Crippen LogP contribution in [0.5, 0.6) is 0 Å². The Kier molecular flexibility index (Phi) is 6.07. The van der Waals surface area contributed by atoms with Crippen LogP contribution in [0.1, 0.15) is 54.9 Å². The molecule has 0 spiro atoms. The first-order valence-electron chi connectivity index (χ1n) is 8.46. The van der Waals surface area contributed by atoms with Gasteiger partial charge in [-0.3, -0.25) is 4.79 Å². The predicted octanol–water partition coefficient (Wildman–Crippen LogP) is 1.69. The van der Waals surface area contributed by atoms with E-state index in [1.807, 2.05) is 39.5 Å². The van der Waals surface area contributed by atoms with E-state index in [4.69, 9.17) is 5.73 Å². The van der Waals surface area contributed by atoms with E-state index >= 15 is 0 Å². The van der Waals surface area contributed by atoms with E-state index < -0.39 is 6.04 Å². The van der Waals surface area contributed by atoms with Gasteiger partial charge >= 0.3 is 6.03 Å². The van der Waals surface area contributed by atoms with E-state index in [0.717, 1.165) is 6.42 Å². The number of carbonyl (C=O) groups excluding carboxylic acids is 2. The fourth-order valence-corrected chi connectivity index (χ4v) is 2.79. The van der Waals surface area contributed by atoms with Gasteiger partial charge in [0.15, 0.2) is 0 Å². The topological polar surface area (TPSA) is 87.5 Å². The average molecular weight is 326 g/mol. The highest BCUT2D eigenvalue weighted by Crippen LogP contribution is 2.28. The van der Waals surface area contributed by atoms with Crippen molar-refractivity contribution in [1.29, 1.82) is 0 Å². The number of urea groups is 1. The second-order valence-electron chi connectivity index (χ2n) is 8.71. The van der Waals surface area contributed by atoms with Crippen molar-refractivity contribution in [1.82, 2.24) is 15.5 Å². The summed E-state index contributed by atoms with van der Waals surface area (Å²) in [6.45, 7) is 15.1. The summed E-state index contributed by atoms with van der Waals surface area (Å²) in [6.07, 6.45) is 0.789. The zero-order valence-electron chi connectivity index (χ0n) is 15.7. The summed E-state index contributed by atoms with van der Waals surface area (Å²) in [5.74, 6) is -0.00374. The number of carbonyl (C=O) groups is 2. The highest BCUT2D eigenvalue weighted by molar-refractivity contribution is 5.87. The summed E-state index contributed by atoms with van der Waals surface area (Å²) in [5.41, 5.74) is 5.70. The quantitative estimate of drug-likeness (QED) is 0.737. The van der Waals surface area contributed by atoms with E-state index in [-0.39, 0.29) is 34.9 Å². The smallest absolute Gasteiger partial charge is 0.315 e. The maximum atomic E-state index is 12.9. The summed E-state index contributed by atoms with van der Waals surface area (Å²) in [7, 11) is 0. The summed E-state index contributed by atoms with van der Waals surface area (Å²) >= 11 is 0. The molecule has 1 saturated heterocycles. The van der Waals surface area contributed by atoms with Crippen molar-refractivity contribution in [2.24, 2.45) is 17.1 Å². The van der Waals surface area contributed by atoms with Crippen LogP contribution in [-0.4, -0.2) is 47.6 Å². The average Bonchev–Trinajstić information content (AvgIpc) is 2.36. The van der Waals surface area contributed by atoms with Crippen LogP contribution in [0, 0.1) is 11.3 Å². The van der Waals surface area contributed by atoms with Gasteiger partial charge in [-0.15, -0.1) is 0 Å². The number of hydrogen-bond donors (Lipinski definition) is 3. The second kappa shape index (κ2) is 7.07. The third kappa shape index (κ3) is 5.68. The van der Waals surface area contributed by atoms with E-state index in [9.17, 15) is 9.59 Å². The molecular weight excluding hydrogens is 292 g/mol. The van der Waals surface area contributed by atoms with Crippen LogP contribution in [0.4, 0.5) is 4.79 Å². The minimum Gasteiger partial charge on any atom is -0.340 e. The number of amides is 3. The van der Waals surface area contributed by atoms with Crippen LogP contribution in [0.15, 0.2) is 0 Å². The third-order valence-electron chi connectivity index (χ3n) is 4.33. The number of rotatable bonds is 3. The van der Waals surface area contributed by atoms with Crippen LogP contribution < -0.4 is 16.4 Å². The van der Waals surface area contributed by atoms with E-state index in [1.165, 1.54) is 0 Å². The Morgan fingerprint density at radius 1 is 1.26 bits per heavy atom. The number of nitrogens with zero attached hydrogens (tertiary/aromatic N) is 1. The molecule has 1 aliphatic rings. The molecule has 4 N–H and O–H groups in total. The van der Waals surface area contributed by atoms with Crippen molar-refractivity contribution in [3.63, 3.8) is 0 Å². The summed E-state index contributed by atoms with van der Waals surface area (Å²) in [6, 6.07) is -0.735. The van der Waals surface area contributed by atoms with Crippen LogP contribution in [0.25, 0.3) is 0 Å². The standard InChI is InChI=1S/C17H34N4O2/c1-11(2)13(19-15(23)20-16(3,4)5)14(22)21-9-8-12(18)17(6,7)10-21/h11-13H,8-10,18H2,1-7H3,(H2,19,20,23)/t12?,13-/m0/s1.